The second-order valence-corrected chi connectivity index (χ2v) is 9.50. The molecule has 11 heteroatoms. The molecule has 3 amide bonds. The number of thioether (sulfide) groups is 1. The van der Waals surface area contributed by atoms with Crippen molar-refractivity contribution >= 4 is 35.4 Å². The highest BCUT2D eigenvalue weighted by Crippen LogP contribution is 2.39. The van der Waals surface area contributed by atoms with Gasteiger partial charge < -0.3 is 9.64 Å². The number of aromatic nitrogens is 1. The van der Waals surface area contributed by atoms with E-state index >= 15 is 0 Å². The topological polar surface area (TPSA) is 79.8 Å². The number of urea groups is 1. The van der Waals surface area contributed by atoms with Gasteiger partial charge in [-0.25, -0.2) is 19.5 Å². The van der Waals surface area contributed by atoms with Gasteiger partial charge in [-0.3, -0.25) is 4.79 Å². The molecule has 0 unspecified atom stereocenters. The Labute approximate surface area is 208 Å². The lowest BCUT2D eigenvalue weighted by Gasteiger charge is -2.27. The van der Waals surface area contributed by atoms with E-state index in [4.69, 9.17) is 4.74 Å². The van der Waals surface area contributed by atoms with E-state index in [1.807, 2.05) is 0 Å². The molecule has 36 heavy (non-hydrogen) atoms. The predicted octanol–water partition coefficient (Wildman–Crippen LogP) is 5.66. The number of alkyl halides is 3. The highest BCUT2D eigenvalue weighted by molar-refractivity contribution is 8.00. The molecule has 1 aliphatic heterocycles. The van der Waals surface area contributed by atoms with Crippen molar-refractivity contribution in [1.82, 2.24) is 9.88 Å². The maximum atomic E-state index is 13.2. The van der Waals surface area contributed by atoms with Crippen molar-refractivity contribution in [2.24, 2.45) is 0 Å². The van der Waals surface area contributed by atoms with Gasteiger partial charge in [-0.15, -0.1) is 0 Å². The van der Waals surface area contributed by atoms with Crippen LogP contribution in [0.5, 0.6) is 5.75 Å². The third-order valence-electron chi connectivity index (χ3n) is 5.48. The molecule has 1 saturated heterocycles. The van der Waals surface area contributed by atoms with Gasteiger partial charge in [-0.05, 0) is 79.7 Å². The molecule has 2 aromatic carbocycles. The smallest absolute Gasteiger partial charge is 0.422 e. The standard InChI is InChI=1S/C25H20F3N3O4S/c1-24(2)22(33)31(17-8-10-19(11-9-17)36-25(26,27)28)23(34)30(24)15-16-12-13-29-20(14-16)21(32)35-18-6-4-3-5-7-18/h3-14H,15H2,1-2H3. The summed E-state index contributed by atoms with van der Waals surface area (Å²) < 4.78 is 43.2. The Kier molecular flexibility index (Phi) is 6.77. The summed E-state index contributed by atoms with van der Waals surface area (Å²) in [6, 6.07) is 15.9. The van der Waals surface area contributed by atoms with E-state index in [0.29, 0.717) is 11.3 Å². The third-order valence-corrected chi connectivity index (χ3v) is 6.22. The van der Waals surface area contributed by atoms with E-state index in [1.54, 1.807) is 50.2 Å². The molecule has 0 spiro atoms. The monoisotopic (exact) mass is 515 g/mol. The number of amides is 3. The number of hydrogen-bond donors (Lipinski definition) is 0. The second kappa shape index (κ2) is 9.65. The van der Waals surface area contributed by atoms with Gasteiger partial charge in [0, 0.05) is 17.6 Å². The molecule has 2 heterocycles. The number of hydrogen-bond acceptors (Lipinski definition) is 6. The fourth-order valence-electron chi connectivity index (χ4n) is 3.64. The number of nitrogens with zero attached hydrogens (tertiary/aromatic N) is 3. The van der Waals surface area contributed by atoms with Crippen LogP contribution >= 0.6 is 11.8 Å². The lowest BCUT2D eigenvalue weighted by atomic mass is 10.0. The van der Waals surface area contributed by atoms with E-state index in [2.05, 4.69) is 4.98 Å². The Morgan fingerprint density at radius 2 is 1.69 bits per heavy atom. The number of ether oxygens (including phenoxy) is 1. The number of imide groups is 1. The third kappa shape index (κ3) is 5.35. The van der Waals surface area contributed by atoms with Crippen LogP contribution in [0.2, 0.25) is 0 Å². The van der Waals surface area contributed by atoms with Crippen molar-refractivity contribution in [3.05, 3.63) is 84.2 Å². The number of rotatable bonds is 6. The van der Waals surface area contributed by atoms with Crippen LogP contribution in [-0.2, 0) is 11.3 Å². The molecule has 1 fully saturated rings. The Bertz CT molecular complexity index is 1300. The molecule has 4 rings (SSSR count). The van der Waals surface area contributed by atoms with Crippen molar-refractivity contribution in [3.8, 4) is 5.75 Å². The summed E-state index contributed by atoms with van der Waals surface area (Å²) in [5, 5.41) is 0. The molecule has 7 nitrogen and oxygen atoms in total. The zero-order valence-corrected chi connectivity index (χ0v) is 20.0. The lowest BCUT2D eigenvalue weighted by Crippen LogP contribution is -2.43. The number of anilines is 1. The number of pyridine rings is 1. The molecule has 0 atom stereocenters. The van der Waals surface area contributed by atoms with Gasteiger partial charge in [0.2, 0.25) is 0 Å². The average molecular weight is 516 g/mol. The van der Waals surface area contributed by atoms with Crippen LogP contribution < -0.4 is 9.64 Å². The Morgan fingerprint density at radius 1 is 1.03 bits per heavy atom. The van der Waals surface area contributed by atoms with Crippen LogP contribution in [-0.4, -0.2) is 38.8 Å². The highest BCUT2D eigenvalue weighted by Gasteiger charge is 2.51. The predicted molar refractivity (Wildman–Crippen MR) is 126 cm³/mol. The number of carbonyl (C=O) groups is 3. The summed E-state index contributed by atoms with van der Waals surface area (Å²) in [7, 11) is 0. The van der Waals surface area contributed by atoms with Gasteiger partial charge in [-0.2, -0.15) is 13.2 Å². The quantitative estimate of drug-likeness (QED) is 0.182. The average Bonchev–Trinajstić information content (AvgIpc) is 2.99. The number of halogens is 3. The van der Waals surface area contributed by atoms with E-state index < -0.39 is 29.0 Å². The van der Waals surface area contributed by atoms with E-state index in [0.717, 1.165) is 4.90 Å². The Morgan fingerprint density at radius 3 is 2.33 bits per heavy atom. The molecular formula is C25H20F3N3O4S. The summed E-state index contributed by atoms with van der Waals surface area (Å²) >= 11 is -0.283. The van der Waals surface area contributed by atoms with Crippen LogP contribution in [0, 0.1) is 0 Å². The first-order chi connectivity index (χ1) is 17.0. The largest absolute Gasteiger partial charge is 0.446 e. The van der Waals surface area contributed by atoms with Gasteiger partial charge in [0.15, 0.2) is 0 Å². The summed E-state index contributed by atoms with van der Waals surface area (Å²) in [6.07, 6.45) is 1.40. The summed E-state index contributed by atoms with van der Waals surface area (Å²) in [4.78, 5) is 45.1. The molecule has 186 valence electrons. The molecule has 0 saturated carbocycles. The van der Waals surface area contributed by atoms with Crippen molar-refractivity contribution in [1.29, 1.82) is 0 Å². The van der Waals surface area contributed by atoms with Gasteiger partial charge >= 0.3 is 17.5 Å². The minimum Gasteiger partial charge on any atom is -0.422 e. The normalized spacial score (nSPS) is 15.4. The first kappa shape index (κ1) is 25.2. The summed E-state index contributed by atoms with van der Waals surface area (Å²) in [6.45, 7) is 3.14. The zero-order valence-electron chi connectivity index (χ0n) is 19.2. The molecule has 1 aliphatic rings. The number of para-hydroxylation sites is 1. The van der Waals surface area contributed by atoms with Crippen molar-refractivity contribution in [3.63, 3.8) is 0 Å². The van der Waals surface area contributed by atoms with Crippen LogP contribution in [0.25, 0.3) is 0 Å². The van der Waals surface area contributed by atoms with Crippen LogP contribution in [0.1, 0.15) is 29.9 Å². The minimum atomic E-state index is -4.45. The highest BCUT2D eigenvalue weighted by atomic mass is 32.2. The molecular weight excluding hydrogens is 495 g/mol. The zero-order chi connectivity index (χ0) is 26.1. The van der Waals surface area contributed by atoms with E-state index in [1.165, 1.54) is 41.4 Å². The van der Waals surface area contributed by atoms with Crippen molar-refractivity contribution < 1.29 is 32.3 Å². The number of esters is 1. The maximum absolute atomic E-state index is 13.2. The summed E-state index contributed by atoms with van der Waals surface area (Å²) in [5.74, 6) is -0.850. The molecule has 0 bridgehead atoms. The molecule has 1 aromatic heterocycles. The minimum absolute atomic E-state index is 0.00970. The maximum Gasteiger partial charge on any atom is 0.446 e. The van der Waals surface area contributed by atoms with E-state index in [-0.39, 0.29) is 34.6 Å². The van der Waals surface area contributed by atoms with Crippen molar-refractivity contribution in [2.75, 3.05) is 4.90 Å². The Hall–Kier alpha value is -3.86. The van der Waals surface area contributed by atoms with Gasteiger partial charge in [0.1, 0.15) is 17.0 Å². The van der Waals surface area contributed by atoms with Crippen LogP contribution in [0.3, 0.4) is 0 Å². The number of carbonyl (C=O) groups excluding carboxylic acids is 3. The fraction of sp³-hybridized carbons (Fsp3) is 0.200. The van der Waals surface area contributed by atoms with Crippen molar-refractivity contribution in [2.45, 2.75) is 36.3 Å². The SMILES string of the molecule is CC1(C)C(=O)N(c2ccc(SC(F)(F)F)cc2)C(=O)N1Cc1ccnc(C(=O)Oc2ccccc2)c1. The van der Waals surface area contributed by atoms with Gasteiger partial charge in [0.05, 0.1) is 5.69 Å². The van der Waals surface area contributed by atoms with E-state index in [9.17, 15) is 27.6 Å². The Balaban J connectivity index is 1.53. The molecule has 3 aromatic rings. The second-order valence-electron chi connectivity index (χ2n) is 8.36. The van der Waals surface area contributed by atoms with Crippen LogP contribution in [0.15, 0.2) is 77.8 Å². The molecule has 0 N–H and O–H groups in total. The number of benzene rings is 2. The van der Waals surface area contributed by atoms with Gasteiger partial charge in [0.25, 0.3) is 5.91 Å². The molecule has 0 radical (unpaired) electrons. The first-order valence-corrected chi connectivity index (χ1v) is 11.5. The molecule has 0 aliphatic carbocycles. The lowest BCUT2D eigenvalue weighted by molar-refractivity contribution is -0.123. The van der Waals surface area contributed by atoms with Gasteiger partial charge in [-0.1, -0.05) is 18.2 Å². The van der Waals surface area contributed by atoms with Crippen LogP contribution in [0.4, 0.5) is 23.7 Å². The first-order valence-electron chi connectivity index (χ1n) is 10.7. The summed E-state index contributed by atoms with van der Waals surface area (Å²) in [5.41, 5.74) is -4.96. The fourth-order valence-corrected chi connectivity index (χ4v) is 4.18.